The van der Waals surface area contributed by atoms with Gasteiger partial charge in [0, 0.05) is 33.7 Å². The van der Waals surface area contributed by atoms with Crippen molar-refractivity contribution in [3.8, 4) is 11.3 Å². The van der Waals surface area contributed by atoms with E-state index in [-0.39, 0.29) is 5.56 Å². The number of fused-ring (bicyclic) bond motifs is 1. The Kier molecular flexibility index (Phi) is 3.70. The molecule has 0 aliphatic rings. The first-order chi connectivity index (χ1) is 12.1. The maximum Gasteiger partial charge on any atom is 0.263 e. The van der Waals surface area contributed by atoms with E-state index in [0.29, 0.717) is 5.13 Å². The van der Waals surface area contributed by atoms with Crippen LogP contribution in [0.2, 0.25) is 0 Å². The summed E-state index contributed by atoms with van der Waals surface area (Å²) in [5.74, 6) is -0.474. The Hall–Kier alpha value is -3.19. The second-order valence-corrected chi connectivity index (χ2v) is 6.43. The number of nitrogens with zero attached hydrogens (tertiary/aromatic N) is 1. The molecule has 0 fully saturated rings. The molecule has 0 unspecified atom stereocenters. The quantitative estimate of drug-likeness (QED) is 0.528. The smallest absolute Gasteiger partial charge is 0.263 e. The number of thiazole rings is 1. The number of H-pyrrole nitrogens is 2. The Morgan fingerprint density at radius 3 is 2.88 bits per heavy atom. The zero-order chi connectivity index (χ0) is 17.4. The van der Waals surface area contributed by atoms with Crippen LogP contribution in [0.25, 0.3) is 22.2 Å². The largest absolute Gasteiger partial charge is 0.358 e. The summed E-state index contributed by atoms with van der Waals surface area (Å²) in [5, 5.41) is 6.12. The van der Waals surface area contributed by atoms with Crippen LogP contribution in [0.5, 0.6) is 0 Å². The maximum absolute atomic E-state index is 12.2. The lowest BCUT2D eigenvalue weighted by Crippen LogP contribution is -2.22. The van der Waals surface area contributed by atoms with Crippen molar-refractivity contribution in [1.29, 1.82) is 0 Å². The second-order valence-electron chi connectivity index (χ2n) is 5.58. The van der Waals surface area contributed by atoms with E-state index in [9.17, 15) is 9.59 Å². The molecule has 0 radical (unpaired) electrons. The molecule has 4 aromatic rings. The Bertz CT molecular complexity index is 1140. The van der Waals surface area contributed by atoms with Gasteiger partial charge < -0.3 is 9.97 Å². The average molecular weight is 350 g/mol. The SMILES string of the molecule is Cc1[nH]c2ccccc2c1-c1csc(NC(=O)c2ccc[nH]c2=O)n1. The molecule has 6 nitrogen and oxygen atoms in total. The van der Waals surface area contributed by atoms with Crippen LogP contribution >= 0.6 is 11.3 Å². The highest BCUT2D eigenvalue weighted by Crippen LogP contribution is 2.33. The first kappa shape index (κ1) is 15.3. The normalized spacial score (nSPS) is 10.9. The Morgan fingerprint density at radius 2 is 2.04 bits per heavy atom. The van der Waals surface area contributed by atoms with Crippen molar-refractivity contribution in [3.63, 3.8) is 0 Å². The first-order valence-electron chi connectivity index (χ1n) is 7.66. The van der Waals surface area contributed by atoms with Gasteiger partial charge in [0.15, 0.2) is 5.13 Å². The van der Waals surface area contributed by atoms with Gasteiger partial charge in [-0.1, -0.05) is 18.2 Å². The van der Waals surface area contributed by atoms with Crippen LogP contribution < -0.4 is 10.9 Å². The van der Waals surface area contributed by atoms with E-state index in [1.807, 2.05) is 36.6 Å². The van der Waals surface area contributed by atoms with E-state index in [0.717, 1.165) is 27.9 Å². The highest BCUT2D eigenvalue weighted by molar-refractivity contribution is 7.14. The molecule has 0 aliphatic carbocycles. The Labute approximate surface area is 146 Å². The number of carbonyl (C=O) groups is 1. The predicted octanol–water partition coefficient (Wildman–Crippen LogP) is 3.54. The third-order valence-electron chi connectivity index (χ3n) is 3.94. The molecule has 1 aromatic carbocycles. The van der Waals surface area contributed by atoms with E-state index in [4.69, 9.17) is 0 Å². The van der Waals surface area contributed by atoms with Crippen molar-refractivity contribution in [2.24, 2.45) is 0 Å². The molecule has 124 valence electrons. The van der Waals surface area contributed by atoms with Gasteiger partial charge in [-0.05, 0) is 25.1 Å². The first-order valence-corrected chi connectivity index (χ1v) is 8.53. The van der Waals surface area contributed by atoms with Crippen LogP contribution in [0.15, 0.2) is 52.8 Å². The fourth-order valence-electron chi connectivity index (χ4n) is 2.82. The zero-order valence-corrected chi connectivity index (χ0v) is 14.1. The number of benzene rings is 1. The average Bonchev–Trinajstić information content (AvgIpc) is 3.18. The molecule has 25 heavy (non-hydrogen) atoms. The number of amides is 1. The number of aryl methyl sites for hydroxylation is 1. The van der Waals surface area contributed by atoms with Crippen LogP contribution in [0, 0.1) is 6.92 Å². The monoisotopic (exact) mass is 350 g/mol. The molecule has 7 heteroatoms. The van der Waals surface area contributed by atoms with E-state index in [1.165, 1.54) is 23.6 Å². The van der Waals surface area contributed by atoms with E-state index in [1.54, 1.807) is 6.07 Å². The summed E-state index contributed by atoms with van der Waals surface area (Å²) in [7, 11) is 0. The van der Waals surface area contributed by atoms with Crippen molar-refractivity contribution in [3.05, 3.63) is 69.6 Å². The molecule has 0 spiro atoms. The summed E-state index contributed by atoms with van der Waals surface area (Å²) in [5.41, 5.74) is 3.50. The second kappa shape index (κ2) is 6.03. The summed E-state index contributed by atoms with van der Waals surface area (Å²) in [4.78, 5) is 34.3. The van der Waals surface area contributed by atoms with Gasteiger partial charge in [0.25, 0.3) is 11.5 Å². The van der Waals surface area contributed by atoms with Crippen LogP contribution in [0.4, 0.5) is 5.13 Å². The highest BCUT2D eigenvalue weighted by Gasteiger charge is 2.16. The van der Waals surface area contributed by atoms with Gasteiger partial charge in [-0.25, -0.2) is 4.98 Å². The molecule has 3 N–H and O–H groups in total. The third-order valence-corrected chi connectivity index (χ3v) is 4.69. The van der Waals surface area contributed by atoms with Crippen LogP contribution in [0.3, 0.4) is 0 Å². The number of carbonyl (C=O) groups excluding carboxylic acids is 1. The molecule has 4 rings (SSSR count). The standard InChI is InChI=1S/C18H14N4O2S/c1-10-15(11-5-2-3-7-13(11)20-10)14-9-25-18(21-14)22-17(24)12-6-4-8-19-16(12)23/h2-9,20H,1H3,(H,19,23)(H,21,22,24). The van der Waals surface area contributed by atoms with Gasteiger partial charge in [0.2, 0.25) is 0 Å². The fraction of sp³-hybridized carbons (Fsp3) is 0.0556. The van der Waals surface area contributed by atoms with Crippen molar-refractivity contribution >= 4 is 33.3 Å². The number of anilines is 1. The zero-order valence-electron chi connectivity index (χ0n) is 13.3. The molecule has 3 aromatic heterocycles. The molecule has 0 atom stereocenters. The lowest BCUT2D eigenvalue weighted by Gasteiger charge is -2.00. The van der Waals surface area contributed by atoms with Gasteiger partial charge in [-0.15, -0.1) is 11.3 Å². The van der Waals surface area contributed by atoms with Crippen molar-refractivity contribution in [1.82, 2.24) is 15.0 Å². The molecular formula is C18H14N4O2S. The van der Waals surface area contributed by atoms with Gasteiger partial charge in [-0.2, -0.15) is 0 Å². The van der Waals surface area contributed by atoms with Gasteiger partial charge in [0.05, 0.1) is 5.69 Å². The van der Waals surface area contributed by atoms with E-state index in [2.05, 4.69) is 20.3 Å². The fourth-order valence-corrected chi connectivity index (χ4v) is 3.51. The van der Waals surface area contributed by atoms with Crippen molar-refractivity contribution in [2.45, 2.75) is 6.92 Å². The summed E-state index contributed by atoms with van der Waals surface area (Å²) in [6.45, 7) is 2.00. The summed E-state index contributed by atoms with van der Waals surface area (Å²) >= 11 is 1.32. The molecular weight excluding hydrogens is 336 g/mol. The topological polar surface area (TPSA) is 90.6 Å². The maximum atomic E-state index is 12.2. The van der Waals surface area contributed by atoms with Gasteiger partial charge in [-0.3, -0.25) is 14.9 Å². The molecule has 0 saturated carbocycles. The molecule has 1 amide bonds. The van der Waals surface area contributed by atoms with Crippen LogP contribution in [-0.2, 0) is 0 Å². The number of nitrogens with one attached hydrogen (secondary N) is 3. The highest BCUT2D eigenvalue weighted by atomic mass is 32.1. The summed E-state index contributed by atoms with van der Waals surface area (Å²) in [6, 6.07) is 11.1. The van der Waals surface area contributed by atoms with E-state index < -0.39 is 11.5 Å². The van der Waals surface area contributed by atoms with Crippen LogP contribution in [0.1, 0.15) is 16.1 Å². The number of aromatic amines is 2. The van der Waals surface area contributed by atoms with Gasteiger partial charge in [0.1, 0.15) is 5.56 Å². The molecule has 0 saturated heterocycles. The van der Waals surface area contributed by atoms with Crippen LogP contribution in [-0.4, -0.2) is 20.9 Å². The Balaban J connectivity index is 1.66. The number of rotatable bonds is 3. The summed E-state index contributed by atoms with van der Waals surface area (Å²) < 4.78 is 0. The Morgan fingerprint density at radius 1 is 1.20 bits per heavy atom. The number of pyridine rings is 1. The molecule has 0 bridgehead atoms. The lowest BCUT2D eigenvalue weighted by molar-refractivity contribution is 0.102. The minimum Gasteiger partial charge on any atom is -0.358 e. The third kappa shape index (κ3) is 2.74. The minimum absolute atomic E-state index is 0.0579. The minimum atomic E-state index is -0.474. The lowest BCUT2D eigenvalue weighted by atomic mass is 10.1. The predicted molar refractivity (Wildman–Crippen MR) is 99.2 cm³/mol. The molecule has 0 aliphatic heterocycles. The number of aromatic nitrogens is 3. The van der Waals surface area contributed by atoms with E-state index >= 15 is 0 Å². The molecule has 3 heterocycles. The number of hydrogen-bond donors (Lipinski definition) is 3. The summed E-state index contributed by atoms with van der Waals surface area (Å²) in [6.07, 6.45) is 1.49. The van der Waals surface area contributed by atoms with Crippen molar-refractivity contribution < 1.29 is 4.79 Å². The number of hydrogen-bond acceptors (Lipinski definition) is 4. The van der Waals surface area contributed by atoms with Crippen molar-refractivity contribution in [2.75, 3.05) is 5.32 Å². The number of para-hydroxylation sites is 1. The van der Waals surface area contributed by atoms with Gasteiger partial charge >= 0.3 is 0 Å².